The lowest BCUT2D eigenvalue weighted by molar-refractivity contribution is 0.460. The van der Waals surface area contributed by atoms with Crippen molar-refractivity contribution in [3.63, 3.8) is 0 Å². The van der Waals surface area contributed by atoms with Crippen molar-refractivity contribution >= 4 is 0 Å². The first kappa shape index (κ1) is 7.39. The minimum absolute atomic E-state index is 0.253. The molecule has 0 spiro atoms. The van der Waals surface area contributed by atoms with Gasteiger partial charge in [0.05, 0.1) is 0 Å². The minimum Gasteiger partial charge on any atom is -0.508 e. The molecule has 68 valence electrons. The number of phenolic OH excluding ortho intramolecular Hbond substituents is 1. The van der Waals surface area contributed by atoms with Gasteiger partial charge in [-0.2, -0.15) is 0 Å². The van der Waals surface area contributed by atoms with E-state index in [0.717, 1.165) is 12.0 Å². The van der Waals surface area contributed by atoms with Crippen LogP contribution in [-0.2, 0) is 0 Å². The second-order valence-electron chi connectivity index (χ2n) is 4.15. The molecule has 0 aromatic heterocycles. The van der Waals surface area contributed by atoms with Gasteiger partial charge in [0.1, 0.15) is 5.75 Å². The van der Waals surface area contributed by atoms with Gasteiger partial charge in [-0.15, -0.1) is 0 Å². The highest BCUT2D eigenvalue weighted by atomic mass is 16.3. The van der Waals surface area contributed by atoms with Crippen LogP contribution in [0.15, 0.2) is 18.2 Å². The largest absolute Gasteiger partial charge is 0.508 e. The summed E-state index contributed by atoms with van der Waals surface area (Å²) in [6.07, 6.45) is 2.35. The average molecular weight is 175 g/mol. The topological polar surface area (TPSA) is 46.2 Å². The van der Waals surface area contributed by atoms with Crippen LogP contribution in [0.1, 0.15) is 35.8 Å². The zero-order valence-electron chi connectivity index (χ0n) is 7.40. The quantitative estimate of drug-likeness (QED) is 0.630. The third kappa shape index (κ3) is 0.767. The number of benzene rings is 1. The molecule has 1 aromatic carbocycles. The van der Waals surface area contributed by atoms with E-state index in [9.17, 15) is 5.11 Å². The molecule has 2 unspecified atom stereocenters. The first-order valence-electron chi connectivity index (χ1n) is 4.86. The van der Waals surface area contributed by atoms with Gasteiger partial charge >= 0.3 is 0 Å². The number of hydrogen-bond donors (Lipinski definition) is 2. The van der Waals surface area contributed by atoms with Crippen molar-refractivity contribution in [3.05, 3.63) is 29.3 Å². The van der Waals surface area contributed by atoms with Crippen LogP contribution in [0.5, 0.6) is 5.75 Å². The standard InChI is InChI=1S/C11H13NO/c12-11-7-4-5-8(11)10-6(7)2-1-3-9(10)13/h1-3,7-8,11,13H,4-5,12H2/t7?,8?,11-/m0/s1. The highest BCUT2D eigenvalue weighted by Crippen LogP contribution is 2.54. The molecule has 1 saturated carbocycles. The van der Waals surface area contributed by atoms with Gasteiger partial charge in [0.25, 0.3) is 0 Å². The van der Waals surface area contributed by atoms with Gasteiger partial charge in [0.2, 0.25) is 0 Å². The number of phenols is 1. The van der Waals surface area contributed by atoms with Crippen molar-refractivity contribution in [2.24, 2.45) is 5.73 Å². The predicted octanol–water partition coefficient (Wildman–Crippen LogP) is 1.69. The Balaban J connectivity index is 2.24. The molecule has 3 N–H and O–H groups in total. The maximum atomic E-state index is 9.72. The van der Waals surface area contributed by atoms with Crippen molar-refractivity contribution < 1.29 is 5.11 Å². The molecule has 1 fully saturated rings. The number of fused-ring (bicyclic) bond motifs is 5. The first-order chi connectivity index (χ1) is 6.29. The van der Waals surface area contributed by atoms with Crippen LogP contribution in [0, 0.1) is 0 Å². The molecule has 0 radical (unpaired) electrons. The van der Waals surface area contributed by atoms with Gasteiger partial charge in [-0.1, -0.05) is 12.1 Å². The van der Waals surface area contributed by atoms with E-state index in [0.29, 0.717) is 17.6 Å². The lowest BCUT2D eigenvalue weighted by Gasteiger charge is -2.14. The summed E-state index contributed by atoms with van der Waals surface area (Å²) in [5, 5.41) is 9.72. The van der Waals surface area contributed by atoms with E-state index >= 15 is 0 Å². The summed E-state index contributed by atoms with van der Waals surface area (Å²) >= 11 is 0. The third-order valence-corrected chi connectivity index (χ3v) is 3.61. The fraction of sp³-hybridized carbons (Fsp3) is 0.455. The Hall–Kier alpha value is -1.02. The maximum Gasteiger partial charge on any atom is 0.119 e. The SMILES string of the molecule is N[C@H]1C2CCC1c1c(O)cccc12. The fourth-order valence-corrected chi connectivity index (χ4v) is 3.02. The lowest BCUT2D eigenvalue weighted by atomic mass is 9.91. The zero-order valence-corrected chi connectivity index (χ0v) is 7.40. The van der Waals surface area contributed by atoms with Gasteiger partial charge in [-0.25, -0.2) is 0 Å². The molecular weight excluding hydrogens is 162 g/mol. The van der Waals surface area contributed by atoms with Crippen molar-refractivity contribution in [1.29, 1.82) is 0 Å². The van der Waals surface area contributed by atoms with Gasteiger partial charge in [0.15, 0.2) is 0 Å². The summed E-state index contributed by atoms with van der Waals surface area (Å²) in [4.78, 5) is 0. The minimum atomic E-state index is 0.253. The number of nitrogens with two attached hydrogens (primary N) is 1. The van der Waals surface area contributed by atoms with E-state index in [-0.39, 0.29) is 6.04 Å². The highest BCUT2D eigenvalue weighted by Gasteiger charge is 2.44. The molecule has 3 atom stereocenters. The van der Waals surface area contributed by atoms with Crippen LogP contribution >= 0.6 is 0 Å². The van der Waals surface area contributed by atoms with E-state index in [1.807, 2.05) is 6.07 Å². The molecule has 2 aliphatic rings. The van der Waals surface area contributed by atoms with Gasteiger partial charge in [-0.05, 0) is 24.5 Å². The Kier molecular flexibility index (Phi) is 1.29. The van der Waals surface area contributed by atoms with Crippen LogP contribution in [0.25, 0.3) is 0 Å². The number of hydrogen-bond acceptors (Lipinski definition) is 2. The summed E-state index contributed by atoms with van der Waals surface area (Å²) in [6.45, 7) is 0. The Bertz CT molecular complexity index is 361. The Morgan fingerprint density at radius 1 is 1.23 bits per heavy atom. The summed E-state index contributed by atoms with van der Waals surface area (Å²) in [5.41, 5.74) is 8.52. The third-order valence-electron chi connectivity index (χ3n) is 3.61. The van der Waals surface area contributed by atoms with Gasteiger partial charge in [0, 0.05) is 23.4 Å². The normalized spacial score (nSPS) is 35.0. The molecule has 2 nitrogen and oxygen atoms in total. The summed E-state index contributed by atoms with van der Waals surface area (Å²) < 4.78 is 0. The first-order valence-corrected chi connectivity index (χ1v) is 4.86. The molecule has 3 rings (SSSR count). The van der Waals surface area contributed by atoms with Crippen molar-refractivity contribution in [2.75, 3.05) is 0 Å². The molecule has 0 aliphatic heterocycles. The van der Waals surface area contributed by atoms with Crippen molar-refractivity contribution in [2.45, 2.75) is 30.7 Å². The molecule has 0 amide bonds. The number of rotatable bonds is 0. The maximum absolute atomic E-state index is 9.72. The fourth-order valence-electron chi connectivity index (χ4n) is 3.02. The Morgan fingerprint density at radius 2 is 2.00 bits per heavy atom. The van der Waals surface area contributed by atoms with Gasteiger partial charge in [-0.3, -0.25) is 0 Å². The molecule has 1 aromatic rings. The highest BCUT2D eigenvalue weighted by molar-refractivity contribution is 5.51. The van der Waals surface area contributed by atoms with Crippen LogP contribution in [-0.4, -0.2) is 11.1 Å². The summed E-state index contributed by atoms with van der Waals surface area (Å²) in [5.74, 6) is 1.37. The van der Waals surface area contributed by atoms with Crippen molar-refractivity contribution in [3.8, 4) is 5.75 Å². The van der Waals surface area contributed by atoms with E-state index in [1.165, 1.54) is 12.0 Å². The second-order valence-corrected chi connectivity index (χ2v) is 4.15. The number of aromatic hydroxyl groups is 1. The van der Waals surface area contributed by atoms with Crippen LogP contribution in [0.3, 0.4) is 0 Å². The van der Waals surface area contributed by atoms with Crippen LogP contribution < -0.4 is 5.73 Å². The molecule has 2 aliphatic carbocycles. The lowest BCUT2D eigenvalue weighted by Crippen LogP contribution is -2.22. The Labute approximate surface area is 77.4 Å². The smallest absolute Gasteiger partial charge is 0.119 e. The van der Waals surface area contributed by atoms with Crippen molar-refractivity contribution in [1.82, 2.24) is 0 Å². The Morgan fingerprint density at radius 3 is 2.77 bits per heavy atom. The second kappa shape index (κ2) is 2.26. The predicted molar refractivity (Wildman–Crippen MR) is 50.8 cm³/mol. The van der Waals surface area contributed by atoms with E-state index in [2.05, 4.69) is 6.07 Å². The molecular formula is C11H13NO. The zero-order chi connectivity index (χ0) is 9.00. The monoisotopic (exact) mass is 175 g/mol. The average Bonchev–Trinajstić information content (AvgIpc) is 2.61. The van der Waals surface area contributed by atoms with E-state index in [1.54, 1.807) is 6.07 Å². The summed E-state index contributed by atoms with van der Waals surface area (Å²) in [7, 11) is 0. The molecule has 2 bridgehead atoms. The molecule has 2 heteroatoms. The molecule has 0 heterocycles. The van der Waals surface area contributed by atoms with E-state index < -0.39 is 0 Å². The molecule has 13 heavy (non-hydrogen) atoms. The molecule has 0 saturated heterocycles. The summed E-state index contributed by atoms with van der Waals surface area (Å²) in [6, 6.07) is 6.05. The van der Waals surface area contributed by atoms with E-state index in [4.69, 9.17) is 5.73 Å². The van der Waals surface area contributed by atoms with Crippen LogP contribution in [0.4, 0.5) is 0 Å². The van der Waals surface area contributed by atoms with Gasteiger partial charge < -0.3 is 10.8 Å². The van der Waals surface area contributed by atoms with Crippen LogP contribution in [0.2, 0.25) is 0 Å².